The third kappa shape index (κ3) is 6.76. The first-order chi connectivity index (χ1) is 15.2. The van der Waals surface area contributed by atoms with Gasteiger partial charge in [-0.1, -0.05) is 60.7 Å². The molecular formula is C27H23IO3. The maximum absolute atomic E-state index is 6.06. The van der Waals surface area contributed by atoms with Gasteiger partial charge in [0.15, 0.2) is 0 Å². The average Bonchev–Trinajstić information content (AvgIpc) is 2.82. The molecule has 0 aliphatic heterocycles. The molecule has 0 atom stereocenters. The lowest BCUT2D eigenvalue weighted by atomic mass is 10.2. The summed E-state index contributed by atoms with van der Waals surface area (Å²) in [7, 11) is 0. The van der Waals surface area contributed by atoms with E-state index in [4.69, 9.17) is 14.2 Å². The van der Waals surface area contributed by atoms with E-state index in [1.54, 1.807) is 0 Å². The predicted octanol–water partition coefficient (Wildman–Crippen LogP) is 7.03. The van der Waals surface area contributed by atoms with Crippen molar-refractivity contribution in [2.24, 2.45) is 0 Å². The van der Waals surface area contributed by atoms with E-state index in [-0.39, 0.29) is 0 Å². The van der Waals surface area contributed by atoms with Crippen molar-refractivity contribution in [3.8, 4) is 17.2 Å². The quantitative estimate of drug-likeness (QED) is 0.221. The minimum atomic E-state index is 0.435. The summed E-state index contributed by atoms with van der Waals surface area (Å²) in [5.41, 5.74) is 3.23. The van der Waals surface area contributed by atoms with Gasteiger partial charge in [0.05, 0.1) is 0 Å². The van der Waals surface area contributed by atoms with E-state index in [1.165, 1.54) is 3.57 Å². The fraction of sp³-hybridized carbons (Fsp3) is 0.111. The lowest BCUT2D eigenvalue weighted by Gasteiger charge is -2.13. The summed E-state index contributed by atoms with van der Waals surface area (Å²) < 4.78 is 19.3. The molecule has 0 amide bonds. The Hall–Kier alpha value is -2.99. The van der Waals surface area contributed by atoms with Crippen molar-refractivity contribution >= 4 is 22.6 Å². The van der Waals surface area contributed by atoms with Crippen LogP contribution in [-0.2, 0) is 19.8 Å². The lowest BCUT2D eigenvalue weighted by Crippen LogP contribution is -2.01. The summed E-state index contributed by atoms with van der Waals surface area (Å²) in [5, 5.41) is 0. The number of hydrogen-bond acceptors (Lipinski definition) is 3. The molecule has 0 saturated heterocycles. The molecule has 0 N–H and O–H groups in total. The zero-order valence-corrected chi connectivity index (χ0v) is 19.2. The van der Waals surface area contributed by atoms with Crippen LogP contribution in [0.4, 0.5) is 0 Å². The van der Waals surface area contributed by atoms with Crippen LogP contribution in [-0.4, -0.2) is 0 Å². The SMILES string of the molecule is Ic1ccc(OCc2cc(OCc3ccccc3)cc(OCc3ccccc3)c2)cc1. The predicted molar refractivity (Wildman–Crippen MR) is 131 cm³/mol. The van der Waals surface area contributed by atoms with Crippen molar-refractivity contribution in [3.63, 3.8) is 0 Å². The van der Waals surface area contributed by atoms with E-state index in [0.717, 1.165) is 33.9 Å². The molecule has 4 heteroatoms. The highest BCUT2D eigenvalue weighted by Crippen LogP contribution is 2.26. The molecule has 4 rings (SSSR count). The van der Waals surface area contributed by atoms with Gasteiger partial charge in [-0.2, -0.15) is 0 Å². The van der Waals surface area contributed by atoms with Crippen LogP contribution in [0.3, 0.4) is 0 Å². The van der Waals surface area contributed by atoms with Crippen LogP contribution < -0.4 is 14.2 Å². The molecule has 0 unspecified atom stereocenters. The van der Waals surface area contributed by atoms with Crippen LogP contribution in [0.15, 0.2) is 103 Å². The van der Waals surface area contributed by atoms with E-state index < -0.39 is 0 Å². The molecule has 0 radical (unpaired) electrons. The maximum atomic E-state index is 6.06. The van der Waals surface area contributed by atoms with Gasteiger partial charge in [-0.15, -0.1) is 0 Å². The number of rotatable bonds is 9. The summed E-state index contributed by atoms with van der Waals surface area (Å²) in [6.45, 7) is 1.44. The lowest BCUT2D eigenvalue weighted by molar-refractivity contribution is 0.281. The Morgan fingerprint density at radius 2 is 0.903 bits per heavy atom. The summed E-state index contributed by atoms with van der Waals surface area (Å²) in [5.74, 6) is 2.36. The second-order valence-electron chi connectivity index (χ2n) is 7.10. The molecule has 4 aromatic carbocycles. The summed E-state index contributed by atoms with van der Waals surface area (Å²) in [6.07, 6.45) is 0. The van der Waals surface area contributed by atoms with Gasteiger partial charge >= 0.3 is 0 Å². The molecule has 0 heterocycles. The second kappa shape index (κ2) is 10.9. The fourth-order valence-electron chi connectivity index (χ4n) is 3.06. The van der Waals surface area contributed by atoms with E-state index in [2.05, 4.69) is 46.9 Å². The van der Waals surface area contributed by atoms with Crippen LogP contribution in [0.5, 0.6) is 17.2 Å². The molecule has 0 fully saturated rings. The Balaban J connectivity index is 1.48. The van der Waals surface area contributed by atoms with E-state index in [0.29, 0.717) is 19.8 Å². The summed E-state index contributed by atoms with van der Waals surface area (Å²) in [6, 6.07) is 34.2. The zero-order chi connectivity index (χ0) is 21.3. The summed E-state index contributed by atoms with van der Waals surface area (Å²) >= 11 is 2.28. The van der Waals surface area contributed by atoms with Crippen LogP contribution in [0.2, 0.25) is 0 Å². The van der Waals surface area contributed by atoms with Gasteiger partial charge in [-0.05, 0) is 75.7 Å². The smallest absolute Gasteiger partial charge is 0.123 e. The molecule has 0 saturated carbocycles. The Morgan fingerprint density at radius 3 is 1.42 bits per heavy atom. The molecule has 0 bridgehead atoms. The third-order valence-electron chi connectivity index (χ3n) is 4.66. The molecule has 0 aromatic heterocycles. The van der Waals surface area contributed by atoms with E-state index in [1.807, 2.05) is 78.9 Å². The van der Waals surface area contributed by atoms with Gasteiger partial charge in [0, 0.05) is 9.64 Å². The molecular weight excluding hydrogens is 499 g/mol. The highest BCUT2D eigenvalue weighted by Gasteiger charge is 2.06. The van der Waals surface area contributed by atoms with E-state index in [9.17, 15) is 0 Å². The van der Waals surface area contributed by atoms with Gasteiger partial charge in [-0.25, -0.2) is 0 Å². The average molecular weight is 522 g/mol. The minimum Gasteiger partial charge on any atom is -0.489 e. The van der Waals surface area contributed by atoms with Gasteiger partial charge in [0.1, 0.15) is 37.1 Å². The van der Waals surface area contributed by atoms with Crippen LogP contribution in [0.25, 0.3) is 0 Å². The topological polar surface area (TPSA) is 27.7 Å². The van der Waals surface area contributed by atoms with Gasteiger partial charge in [-0.3, -0.25) is 0 Å². The maximum Gasteiger partial charge on any atom is 0.123 e. The first-order valence-electron chi connectivity index (χ1n) is 10.1. The molecule has 3 nitrogen and oxygen atoms in total. The Bertz CT molecular complexity index is 1020. The number of ether oxygens (including phenoxy) is 3. The van der Waals surface area contributed by atoms with Crippen LogP contribution >= 0.6 is 22.6 Å². The first kappa shape index (κ1) is 21.2. The van der Waals surface area contributed by atoms with Crippen LogP contribution in [0, 0.1) is 3.57 Å². The number of benzene rings is 4. The van der Waals surface area contributed by atoms with Crippen molar-refractivity contribution in [1.29, 1.82) is 0 Å². The van der Waals surface area contributed by atoms with Crippen molar-refractivity contribution in [2.75, 3.05) is 0 Å². The van der Waals surface area contributed by atoms with Crippen molar-refractivity contribution in [1.82, 2.24) is 0 Å². The molecule has 0 aliphatic rings. The first-order valence-corrected chi connectivity index (χ1v) is 11.2. The molecule has 0 aliphatic carbocycles. The van der Waals surface area contributed by atoms with Gasteiger partial charge in [0.2, 0.25) is 0 Å². The minimum absolute atomic E-state index is 0.435. The van der Waals surface area contributed by atoms with Crippen molar-refractivity contribution in [3.05, 3.63) is 123 Å². The third-order valence-corrected chi connectivity index (χ3v) is 5.37. The second-order valence-corrected chi connectivity index (χ2v) is 8.35. The van der Waals surface area contributed by atoms with Gasteiger partial charge in [0.25, 0.3) is 0 Å². The molecule has 0 spiro atoms. The monoisotopic (exact) mass is 522 g/mol. The van der Waals surface area contributed by atoms with Crippen molar-refractivity contribution < 1.29 is 14.2 Å². The number of hydrogen-bond donors (Lipinski definition) is 0. The fourth-order valence-corrected chi connectivity index (χ4v) is 3.42. The van der Waals surface area contributed by atoms with Crippen LogP contribution in [0.1, 0.15) is 16.7 Å². The normalized spacial score (nSPS) is 10.5. The number of halogens is 1. The standard InChI is InChI=1S/C27H23IO3/c28-24-11-13-25(14-12-24)29-20-23-15-26(30-18-21-7-3-1-4-8-21)17-27(16-23)31-19-22-9-5-2-6-10-22/h1-17H,18-20H2. The highest BCUT2D eigenvalue weighted by atomic mass is 127. The Labute approximate surface area is 196 Å². The summed E-state index contributed by atoms with van der Waals surface area (Å²) in [4.78, 5) is 0. The zero-order valence-electron chi connectivity index (χ0n) is 17.0. The van der Waals surface area contributed by atoms with Gasteiger partial charge < -0.3 is 14.2 Å². The molecule has 156 valence electrons. The Kier molecular flexibility index (Phi) is 7.45. The molecule has 4 aromatic rings. The van der Waals surface area contributed by atoms with Crippen molar-refractivity contribution in [2.45, 2.75) is 19.8 Å². The molecule has 31 heavy (non-hydrogen) atoms. The highest BCUT2D eigenvalue weighted by molar-refractivity contribution is 14.1. The van der Waals surface area contributed by atoms with E-state index >= 15 is 0 Å². The Morgan fingerprint density at radius 1 is 0.452 bits per heavy atom. The largest absolute Gasteiger partial charge is 0.489 e.